The lowest BCUT2D eigenvalue weighted by Gasteiger charge is -2.07. The first-order chi connectivity index (χ1) is 13.4. The molecule has 3 aromatic rings. The molecule has 0 saturated heterocycles. The molecule has 6 nitrogen and oxygen atoms in total. The highest BCUT2D eigenvalue weighted by Gasteiger charge is 2.14. The summed E-state index contributed by atoms with van der Waals surface area (Å²) in [6.45, 7) is 3.47. The van der Waals surface area contributed by atoms with Crippen molar-refractivity contribution in [1.29, 1.82) is 0 Å². The Bertz CT molecular complexity index is 996. The molecule has 0 spiro atoms. The van der Waals surface area contributed by atoms with Crippen molar-refractivity contribution >= 4 is 23.4 Å². The highest BCUT2D eigenvalue weighted by molar-refractivity contribution is 6.30. The minimum Gasteiger partial charge on any atom is -0.457 e. The van der Waals surface area contributed by atoms with Gasteiger partial charge in [-0.1, -0.05) is 34.5 Å². The summed E-state index contributed by atoms with van der Waals surface area (Å²) in [5.74, 6) is 0.0233. The predicted octanol–water partition coefficient (Wildman–Crippen LogP) is 4.37. The minimum atomic E-state index is -0.495. The van der Waals surface area contributed by atoms with Crippen LogP contribution in [0.1, 0.15) is 33.8 Å². The van der Waals surface area contributed by atoms with Crippen molar-refractivity contribution in [2.45, 2.75) is 26.7 Å². The summed E-state index contributed by atoms with van der Waals surface area (Å²) < 4.78 is 10.2. The van der Waals surface area contributed by atoms with Gasteiger partial charge in [0.1, 0.15) is 0 Å². The van der Waals surface area contributed by atoms with Crippen molar-refractivity contribution < 1.29 is 18.8 Å². The van der Waals surface area contributed by atoms with Crippen LogP contribution in [0.25, 0.3) is 11.4 Å². The number of nitrogens with zero attached hydrogens (tertiary/aromatic N) is 2. The monoisotopic (exact) mass is 398 g/mol. The van der Waals surface area contributed by atoms with Crippen molar-refractivity contribution in [3.63, 3.8) is 0 Å². The van der Waals surface area contributed by atoms with Crippen molar-refractivity contribution in [3.8, 4) is 11.4 Å². The Morgan fingerprint density at radius 1 is 1.11 bits per heavy atom. The van der Waals surface area contributed by atoms with Gasteiger partial charge in [0.2, 0.25) is 17.5 Å². The lowest BCUT2D eigenvalue weighted by atomic mass is 10.0. The van der Waals surface area contributed by atoms with E-state index in [-0.39, 0.29) is 25.2 Å². The fourth-order valence-electron chi connectivity index (χ4n) is 2.61. The molecule has 0 atom stereocenters. The van der Waals surface area contributed by atoms with Crippen molar-refractivity contribution in [2.75, 3.05) is 6.61 Å². The highest BCUT2D eigenvalue weighted by atomic mass is 35.5. The van der Waals surface area contributed by atoms with Gasteiger partial charge in [-0.3, -0.25) is 9.59 Å². The lowest BCUT2D eigenvalue weighted by molar-refractivity contribution is -0.142. The van der Waals surface area contributed by atoms with E-state index in [1.807, 2.05) is 26.0 Å². The first-order valence-corrected chi connectivity index (χ1v) is 9.15. The number of hydrogen-bond acceptors (Lipinski definition) is 6. The Morgan fingerprint density at radius 2 is 1.86 bits per heavy atom. The van der Waals surface area contributed by atoms with Crippen molar-refractivity contribution in [2.24, 2.45) is 0 Å². The van der Waals surface area contributed by atoms with Crippen LogP contribution in [0.2, 0.25) is 5.02 Å². The van der Waals surface area contributed by atoms with Gasteiger partial charge >= 0.3 is 5.97 Å². The molecule has 0 aliphatic carbocycles. The Labute approximate surface area is 167 Å². The Kier molecular flexibility index (Phi) is 6.21. The molecule has 0 aliphatic rings. The van der Waals surface area contributed by atoms with Gasteiger partial charge in [0.05, 0.1) is 6.42 Å². The van der Waals surface area contributed by atoms with Gasteiger partial charge in [0.15, 0.2) is 6.61 Å². The van der Waals surface area contributed by atoms with Crippen LogP contribution < -0.4 is 0 Å². The largest absolute Gasteiger partial charge is 0.457 e. The third-order valence-corrected chi connectivity index (χ3v) is 4.42. The van der Waals surface area contributed by atoms with Crippen molar-refractivity contribution in [1.82, 2.24) is 10.1 Å². The van der Waals surface area contributed by atoms with Gasteiger partial charge in [0.25, 0.3) is 0 Å². The van der Waals surface area contributed by atoms with Crippen LogP contribution in [0.4, 0.5) is 0 Å². The minimum absolute atomic E-state index is 0.0440. The maximum absolute atomic E-state index is 12.3. The average Bonchev–Trinajstić information content (AvgIpc) is 3.16. The number of carbonyl (C=O) groups is 2. The van der Waals surface area contributed by atoms with Crippen LogP contribution in [0.5, 0.6) is 0 Å². The molecule has 0 amide bonds. The first kappa shape index (κ1) is 19.8. The summed E-state index contributed by atoms with van der Waals surface area (Å²) in [7, 11) is 0. The van der Waals surface area contributed by atoms with E-state index in [9.17, 15) is 9.59 Å². The average molecular weight is 399 g/mol. The summed E-state index contributed by atoms with van der Waals surface area (Å²) in [6.07, 6.45) is 0.277. The second-order valence-corrected chi connectivity index (χ2v) is 6.86. The number of halogens is 1. The zero-order chi connectivity index (χ0) is 20.1. The normalized spacial score (nSPS) is 10.7. The maximum atomic E-state index is 12.3. The second-order valence-electron chi connectivity index (χ2n) is 6.42. The third kappa shape index (κ3) is 5.04. The summed E-state index contributed by atoms with van der Waals surface area (Å²) in [6, 6.07) is 12.6. The SMILES string of the molecule is Cc1ccc(C)c(C(=O)COC(=O)CCc2nc(-c3ccc(Cl)cc3)no2)c1. The molecule has 0 unspecified atom stereocenters. The predicted molar refractivity (Wildman–Crippen MR) is 104 cm³/mol. The number of aryl methyl sites for hydroxylation is 3. The molecule has 1 aromatic heterocycles. The zero-order valence-electron chi connectivity index (χ0n) is 15.6. The van der Waals surface area contributed by atoms with Crippen LogP contribution in [-0.4, -0.2) is 28.5 Å². The smallest absolute Gasteiger partial charge is 0.306 e. The summed E-state index contributed by atoms with van der Waals surface area (Å²) in [5.41, 5.74) is 3.17. The zero-order valence-corrected chi connectivity index (χ0v) is 16.3. The lowest BCUT2D eigenvalue weighted by Crippen LogP contribution is -2.15. The van der Waals surface area contributed by atoms with Crippen LogP contribution in [0, 0.1) is 13.8 Å². The van der Waals surface area contributed by atoms with Gasteiger partial charge in [-0.2, -0.15) is 4.98 Å². The van der Waals surface area contributed by atoms with E-state index in [4.69, 9.17) is 20.9 Å². The molecule has 0 bridgehead atoms. The van der Waals surface area contributed by atoms with Crippen molar-refractivity contribution in [3.05, 3.63) is 70.1 Å². The molecule has 2 aromatic carbocycles. The Balaban J connectivity index is 1.50. The number of ketones is 1. The number of carbonyl (C=O) groups excluding carboxylic acids is 2. The molecule has 3 rings (SSSR count). The molecule has 0 radical (unpaired) electrons. The van der Waals surface area contributed by atoms with E-state index in [1.165, 1.54) is 0 Å². The van der Waals surface area contributed by atoms with Gasteiger partial charge in [-0.05, 0) is 49.7 Å². The molecule has 0 aliphatic heterocycles. The third-order valence-electron chi connectivity index (χ3n) is 4.17. The van der Waals surface area contributed by atoms with E-state index in [2.05, 4.69) is 10.1 Å². The van der Waals surface area contributed by atoms with Crippen LogP contribution in [0.3, 0.4) is 0 Å². The molecule has 28 heavy (non-hydrogen) atoms. The van der Waals surface area contributed by atoms with E-state index in [0.717, 1.165) is 16.7 Å². The van der Waals surface area contributed by atoms with Crippen LogP contribution in [-0.2, 0) is 16.0 Å². The number of aromatic nitrogens is 2. The summed E-state index contributed by atoms with van der Waals surface area (Å²) >= 11 is 5.86. The van der Waals surface area contributed by atoms with E-state index < -0.39 is 5.97 Å². The highest BCUT2D eigenvalue weighted by Crippen LogP contribution is 2.19. The molecule has 7 heteroatoms. The van der Waals surface area contributed by atoms with Gasteiger partial charge in [-0.25, -0.2) is 0 Å². The quantitative estimate of drug-likeness (QED) is 0.434. The molecule has 1 heterocycles. The molecule has 0 saturated carbocycles. The van der Waals surface area contributed by atoms with Gasteiger partial charge in [-0.15, -0.1) is 0 Å². The Hall–Kier alpha value is -2.99. The molecule has 0 fully saturated rings. The molecular formula is C21H19ClN2O4. The van der Waals surface area contributed by atoms with E-state index in [0.29, 0.717) is 22.3 Å². The Morgan fingerprint density at radius 3 is 2.61 bits per heavy atom. The van der Waals surface area contributed by atoms with Crippen LogP contribution in [0.15, 0.2) is 47.0 Å². The summed E-state index contributed by atoms with van der Waals surface area (Å²) in [5, 5.41) is 4.51. The fourth-order valence-corrected chi connectivity index (χ4v) is 2.74. The molecule has 144 valence electrons. The standard InChI is InChI=1S/C21H19ClN2O4/c1-13-3-4-14(2)17(11-13)18(25)12-27-20(26)10-9-19-23-21(24-28-19)15-5-7-16(22)8-6-15/h3-8,11H,9-10,12H2,1-2H3. The number of esters is 1. The van der Waals surface area contributed by atoms with Gasteiger partial charge < -0.3 is 9.26 Å². The number of hydrogen-bond donors (Lipinski definition) is 0. The number of rotatable bonds is 7. The molecule has 0 N–H and O–H groups in total. The van der Waals surface area contributed by atoms with E-state index >= 15 is 0 Å². The number of Topliss-reactive ketones (excluding diaryl/α,β-unsaturated/α-hetero) is 1. The summed E-state index contributed by atoms with van der Waals surface area (Å²) in [4.78, 5) is 28.4. The maximum Gasteiger partial charge on any atom is 0.306 e. The number of ether oxygens (including phenoxy) is 1. The van der Waals surface area contributed by atoms with E-state index in [1.54, 1.807) is 30.3 Å². The topological polar surface area (TPSA) is 82.3 Å². The molecular weight excluding hydrogens is 380 g/mol. The van der Waals surface area contributed by atoms with Gasteiger partial charge in [0, 0.05) is 22.6 Å². The first-order valence-electron chi connectivity index (χ1n) is 8.77. The second kappa shape index (κ2) is 8.80. The fraction of sp³-hybridized carbons (Fsp3) is 0.238. The number of benzene rings is 2. The van der Waals surface area contributed by atoms with Crippen LogP contribution >= 0.6 is 11.6 Å².